The first kappa shape index (κ1) is 27.4. The second-order valence-corrected chi connectivity index (χ2v) is 8.12. The Kier molecular flexibility index (Phi) is 9.85. The Hall–Kier alpha value is -3.84. The van der Waals surface area contributed by atoms with Gasteiger partial charge in [-0.05, 0) is 38.5 Å². The molecule has 9 nitrogen and oxygen atoms in total. The first-order chi connectivity index (χ1) is 16.8. The Morgan fingerprint density at radius 3 is 2.06 bits per heavy atom. The van der Waals surface area contributed by atoms with Crippen molar-refractivity contribution in [3.8, 4) is 23.3 Å². The highest BCUT2D eigenvalue weighted by Gasteiger charge is 2.28. The highest BCUT2D eigenvalue weighted by molar-refractivity contribution is 7.14. The van der Waals surface area contributed by atoms with E-state index in [9.17, 15) is 19.6 Å². The van der Waals surface area contributed by atoms with Crippen LogP contribution in [0.3, 0.4) is 0 Å². The minimum absolute atomic E-state index is 0.124. The average Bonchev–Trinajstić information content (AvgIpc) is 3.17. The summed E-state index contributed by atoms with van der Waals surface area (Å²) in [5.74, 6) is -0.611. The summed E-state index contributed by atoms with van der Waals surface area (Å²) in [6.07, 6.45) is 1.09. The predicted octanol–water partition coefficient (Wildman–Crippen LogP) is 4.15. The number of rotatable bonds is 11. The number of carbonyl (C=O) groups excluding carboxylic acids is 3. The third-order valence-electron chi connectivity index (χ3n) is 4.94. The summed E-state index contributed by atoms with van der Waals surface area (Å²) in [5.41, 5.74) is 0.761. The zero-order chi connectivity index (χ0) is 26.1. The number of Topliss-reactive ketones (excluding diaryl/α,β-unsaturated/α-hetero) is 1. The fourth-order valence-corrected chi connectivity index (χ4v) is 4.48. The zero-order valence-corrected chi connectivity index (χ0v) is 21.3. The van der Waals surface area contributed by atoms with Crippen LogP contribution in [0.4, 0.5) is 0 Å². The van der Waals surface area contributed by atoms with Gasteiger partial charge in [0.1, 0.15) is 16.7 Å². The topological polar surface area (TPSA) is 121 Å². The minimum atomic E-state index is -0.649. The molecule has 0 fully saturated rings. The normalized spacial score (nSPS) is 10.8. The quantitative estimate of drug-likeness (QED) is 0.254. The molecule has 186 valence electrons. The van der Waals surface area contributed by atoms with Crippen molar-refractivity contribution in [2.75, 3.05) is 34.5 Å². The molecule has 0 spiro atoms. The van der Waals surface area contributed by atoms with E-state index < -0.39 is 17.7 Å². The van der Waals surface area contributed by atoms with Crippen LogP contribution in [0.2, 0.25) is 0 Å². The van der Waals surface area contributed by atoms with Crippen molar-refractivity contribution in [3.05, 3.63) is 44.2 Å². The fraction of sp³-hybridized carbons (Fsp3) is 0.360. The van der Waals surface area contributed by atoms with E-state index in [2.05, 4.69) is 0 Å². The largest absolute Gasteiger partial charge is 0.496 e. The van der Waals surface area contributed by atoms with Crippen LogP contribution in [0.25, 0.3) is 6.08 Å². The van der Waals surface area contributed by atoms with Gasteiger partial charge in [-0.15, -0.1) is 11.3 Å². The Labute approximate surface area is 207 Å². The Bertz CT molecular complexity index is 1190. The molecule has 0 radical (unpaired) electrons. The van der Waals surface area contributed by atoms with Gasteiger partial charge < -0.3 is 23.7 Å². The van der Waals surface area contributed by atoms with Gasteiger partial charge in [0.2, 0.25) is 0 Å². The SMILES string of the molecule is CCOC(=O)c1sc(CC(=O)/C(C#N)=C/c2cc(OC)c(OC)cc2OC)c(C(=O)OCC)c1C. The van der Waals surface area contributed by atoms with Crippen molar-refractivity contribution in [1.82, 2.24) is 0 Å². The van der Waals surface area contributed by atoms with Gasteiger partial charge in [-0.2, -0.15) is 5.26 Å². The summed E-state index contributed by atoms with van der Waals surface area (Å²) >= 11 is 0.975. The van der Waals surface area contributed by atoms with Gasteiger partial charge in [0, 0.05) is 22.9 Å². The van der Waals surface area contributed by atoms with E-state index in [1.807, 2.05) is 6.07 Å². The standard InChI is InChI=1S/C25H27NO8S/c1-7-33-24(28)22-14(3)23(25(29)34-8-2)35-21(22)11-17(27)16(13-26)9-15-10-19(31-5)20(32-6)12-18(15)30-4/h9-10,12H,7-8,11H2,1-6H3/b16-9+. The Morgan fingerprint density at radius 2 is 1.51 bits per heavy atom. The van der Waals surface area contributed by atoms with E-state index in [0.29, 0.717) is 33.3 Å². The lowest BCUT2D eigenvalue weighted by Crippen LogP contribution is -2.12. The Balaban J connectivity index is 2.52. The molecular weight excluding hydrogens is 474 g/mol. The first-order valence-electron chi connectivity index (χ1n) is 10.7. The van der Waals surface area contributed by atoms with Crippen LogP contribution < -0.4 is 14.2 Å². The molecule has 0 aliphatic rings. The number of nitrogens with zero attached hydrogens (tertiary/aromatic N) is 1. The highest BCUT2D eigenvalue weighted by atomic mass is 32.1. The summed E-state index contributed by atoms with van der Waals surface area (Å²) in [5, 5.41) is 9.71. The van der Waals surface area contributed by atoms with E-state index in [4.69, 9.17) is 23.7 Å². The number of thiophene rings is 1. The molecule has 35 heavy (non-hydrogen) atoms. The highest BCUT2D eigenvalue weighted by Crippen LogP contribution is 2.36. The number of ether oxygens (including phenoxy) is 5. The van der Waals surface area contributed by atoms with Gasteiger partial charge in [0.15, 0.2) is 17.3 Å². The van der Waals surface area contributed by atoms with Gasteiger partial charge >= 0.3 is 11.9 Å². The maximum Gasteiger partial charge on any atom is 0.348 e. The Morgan fingerprint density at radius 1 is 0.943 bits per heavy atom. The van der Waals surface area contributed by atoms with E-state index in [0.717, 1.165) is 11.3 Å². The summed E-state index contributed by atoms with van der Waals surface area (Å²) in [6, 6.07) is 5.07. The molecule has 0 amide bonds. The molecule has 10 heteroatoms. The van der Waals surface area contributed by atoms with Crippen molar-refractivity contribution in [2.45, 2.75) is 27.2 Å². The molecule has 0 N–H and O–H groups in total. The molecule has 2 rings (SSSR count). The monoisotopic (exact) mass is 501 g/mol. The van der Waals surface area contributed by atoms with Crippen LogP contribution in [0.1, 0.15) is 49.9 Å². The number of methoxy groups -OCH3 is 3. The summed E-state index contributed by atoms with van der Waals surface area (Å²) < 4.78 is 26.1. The van der Waals surface area contributed by atoms with Crippen LogP contribution in [-0.2, 0) is 20.7 Å². The average molecular weight is 502 g/mol. The van der Waals surface area contributed by atoms with Gasteiger partial charge in [-0.25, -0.2) is 9.59 Å². The van der Waals surface area contributed by atoms with Crippen LogP contribution >= 0.6 is 11.3 Å². The molecule has 0 bridgehead atoms. The molecule has 2 aromatic rings. The number of ketones is 1. The van der Waals surface area contributed by atoms with Gasteiger partial charge in [0.05, 0.1) is 45.7 Å². The number of carbonyl (C=O) groups is 3. The first-order valence-corrected chi connectivity index (χ1v) is 11.5. The molecule has 1 aromatic heterocycles. The minimum Gasteiger partial charge on any atom is -0.496 e. The van der Waals surface area contributed by atoms with Crippen molar-refractivity contribution in [1.29, 1.82) is 5.26 Å². The molecule has 1 heterocycles. The number of allylic oxidation sites excluding steroid dienone is 1. The lowest BCUT2D eigenvalue weighted by atomic mass is 10.0. The van der Waals surface area contributed by atoms with Crippen LogP contribution in [0.5, 0.6) is 17.2 Å². The lowest BCUT2D eigenvalue weighted by molar-refractivity contribution is -0.114. The number of nitriles is 1. The van der Waals surface area contributed by atoms with Crippen molar-refractivity contribution < 1.29 is 38.1 Å². The smallest absolute Gasteiger partial charge is 0.348 e. The van der Waals surface area contributed by atoms with Crippen molar-refractivity contribution in [2.24, 2.45) is 0 Å². The number of hydrogen-bond donors (Lipinski definition) is 0. The number of esters is 2. The third kappa shape index (κ3) is 6.19. The third-order valence-corrected chi connectivity index (χ3v) is 6.21. The molecule has 0 saturated carbocycles. The second-order valence-electron chi connectivity index (χ2n) is 7.01. The molecule has 0 aliphatic heterocycles. The maximum atomic E-state index is 13.1. The number of benzene rings is 1. The lowest BCUT2D eigenvalue weighted by Gasteiger charge is -2.12. The zero-order valence-electron chi connectivity index (χ0n) is 20.5. The predicted molar refractivity (Wildman–Crippen MR) is 129 cm³/mol. The van der Waals surface area contributed by atoms with Crippen molar-refractivity contribution in [3.63, 3.8) is 0 Å². The molecule has 0 unspecified atom stereocenters. The van der Waals surface area contributed by atoms with Crippen LogP contribution in [-0.4, -0.2) is 52.3 Å². The molecular formula is C25H27NO8S. The van der Waals surface area contributed by atoms with Gasteiger partial charge in [-0.1, -0.05) is 0 Å². The molecule has 0 atom stereocenters. The van der Waals surface area contributed by atoms with Gasteiger partial charge in [-0.3, -0.25) is 4.79 Å². The maximum absolute atomic E-state index is 13.1. The summed E-state index contributed by atoms with van der Waals surface area (Å²) in [6.45, 7) is 5.21. The van der Waals surface area contributed by atoms with E-state index >= 15 is 0 Å². The number of hydrogen-bond acceptors (Lipinski definition) is 10. The summed E-state index contributed by atoms with van der Waals surface area (Å²) in [4.78, 5) is 38.6. The van der Waals surface area contributed by atoms with E-state index in [1.165, 1.54) is 27.4 Å². The second kappa shape index (κ2) is 12.6. The molecule has 0 aliphatic carbocycles. The van der Waals surface area contributed by atoms with E-state index in [-0.39, 0.29) is 35.6 Å². The van der Waals surface area contributed by atoms with Crippen LogP contribution in [0, 0.1) is 18.3 Å². The molecule has 0 saturated heterocycles. The summed E-state index contributed by atoms with van der Waals surface area (Å²) in [7, 11) is 4.39. The van der Waals surface area contributed by atoms with Gasteiger partial charge in [0.25, 0.3) is 0 Å². The van der Waals surface area contributed by atoms with E-state index in [1.54, 1.807) is 32.9 Å². The fourth-order valence-electron chi connectivity index (χ4n) is 3.30. The van der Waals surface area contributed by atoms with Crippen LogP contribution in [0.15, 0.2) is 17.7 Å². The van der Waals surface area contributed by atoms with Crippen molar-refractivity contribution >= 4 is 35.1 Å². The molecule has 1 aromatic carbocycles.